The lowest BCUT2D eigenvalue weighted by Crippen LogP contribution is -2.14. The molecule has 0 aliphatic heterocycles. The molecule has 4 nitrogen and oxygen atoms in total. The number of hydrogen-bond acceptors (Lipinski definition) is 3. The molecule has 0 saturated carbocycles. The zero-order valence-electron chi connectivity index (χ0n) is 8.03. The average molecular weight is 194 g/mol. The van der Waals surface area contributed by atoms with Gasteiger partial charge in [0.2, 0.25) is 5.91 Å². The van der Waals surface area contributed by atoms with E-state index in [0.29, 0.717) is 17.5 Å². The van der Waals surface area contributed by atoms with Crippen LogP contribution in [-0.4, -0.2) is 11.0 Å². The van der Waals surface area contributed by atoms with Crippen molar-refractivity contribution in [3.8, 4) is 5.75 Å². The van der Waals surface area contributed by atoms with Gasteiger partial charge in [0.05, 0.1) is 0 Å². The van der Waals surface area contributed by atoms with Crippen molar-refractivity contribution in [2.75, 3.05) is 0 Å². The van der Waals surface area contributed by atoms with Crippen LogP contribution in [0.25, 0.3) is 0 Å². The van der Waals surface area contributed by atoms with Gasteiger partial charge in [-0.3, -0.25) is 4.79 Å². The molecule has 1 rings (SSSR count). The molecule has 0 heterocycles. The standard InChI is InChI=1S/C10H14N2O2/c1-2-8(11)7-5-6(10(12)14)3-4-9(7)13/h3-5,8,13H,2,11H2,1H3,(H2,12,14)/t8-/m1/s1. The molecule has 1 atom stereocenters. The normalized spacial score (nSPS) is 12.4. The monoisotopic (exact) mass is 194 g/mol. The fourth-order valence-corrected chi connectivity index (χ4v) is 1.22. The molecule has 0 aliphatic carbocycles. The number of hydrogen-bond donors (Lipinski definition) is 3. The molecule has 0 aromatic heterocycles. The molecule has 0 radical (unpaired) electrons. The Kier molecular flexibility index (Phi) is 3.09. The van der Waals surface area contributed by atoms with Gasteiger partial charge in [-0.05, 0) is 24.6 Å². The van der Waals surface area contributed by atoms with E-state index in [1.807, 2.05) is 6.92 Å². The summed E-state index contributed by atoms with van der Waals surface area (Å²) in [6.07, 6.45) is 0.690. The quantitative estimate of drug-likeness (QED) is 0.667. The van der Waals surface area contributed by atoms with E-state index in [0.717, 1.165) is 0 Å². The molecule has 0 saturated heterocycles. The number of phenols is 1. The van der Waals surface area contributed by atoms with Crippen LogP contribution in [0.5, 0.6) is 5.75 Å². The summed E-state index contributed by atoms with van der Waals surface area (Å²) < 4.78 is 0. The summed E-state index contributed by atoms with van der Waals surface area (Å²) in [4.78, 5) is 10.9. The summed E-state index contributed by atoms with van der Waals surface area (Å²) in [6, 6.07) is 4.18. The first-order valence-electron chi connectivity index (χ1n) is 4.44. The molecule has 0 spiro atoms. The minimum Gasteiger partial charge on any atom is -0.508 e. The number of nitrogens with two attached hydrogens (primary N) is 2. The summed E-state index contributed by atoms with van der Waals surface area (Å²) in [5.41, 5.74) is 11.8. The Morgan fingerprint density at radius 2 is 2.21 bits per heavy atom. The Morgan fingerprint density at radius 3 is 2.71 bits per heavy atom. The first-order valence-corrected chi connectivity index (χ1v) is 4.44. The van der Waals surface area contributed by atoms with Crippen molar-refractivity contribution in [2.24, 2.45) is 11.5 Å². The third kappa shape index (κ3) is 2.03. The van der Waals surface area contributed by atoms with Gasteiger partial charge in [-0.25, -0.2) is 0 Å². The predicted molar refractivity (Wildman–Crippen MR) is 53.8 cm³/mol. The highest BCUT2D eigenvalue weighted by Gasteiger charge is 2.11. The van der Waals surface area contributed by atoms with Crippen LogP contribution >= 0.6 is 0 Å². The highest BCUT2D eigenvalue weighted by atomic mass is 16.3. The Hall–Kier alpha value is -1.55. The summed E-state index contributed by atoms with van der Waals surface area (Å²) in [7, 11) is 0. The number of aromatic hydroxyl groups is 1. The molecule has 1 aromatic rings. The Bertz CT molecular complexity index is 350. The van der Waals surface area contributed by atoms with Crippen LogP contribution in [0.4, 0.5) is 0 Å². The molecular weight excluding hydrogens is 180 g/mol. The fraction of sp³-hybridized carbons (Fsp3) is 0.300. The number of benzene rings is 1. The van der Waals surface area contributed by atoms with Crippen LogP contribution in [0.1, 0.15) is 35.3 Å². The lowest BCUT2D eigenvalue weighted by atomic mass is 10.0. The second kappa shape index (κ2) is 4.11. The smallest absolute Gasteiger partial charge is 0.248 e. The fourth-order valence-electron chi connectivity index (χ4n) is 1.22. The lowest BCUT2D eigenvalue weighted by Gasteiger charge is -2.11. The van der Waals surface area contributed by atoms with Gasteiger partial charge < -0.3 is 16.6 Å². The van der Waals surface area contributed by atoms with E-state index in [4.69, 9.17) is 11.5 Å². The van der Waals surface area contributed by atoms with Crippen molar-refractivity contribution in [1.82, 2.24) is 0 Å². The van der Waals surface area contributed by atoms with Gasteiger partial charge >= 0.3 is 0 Å². The molecule has 4 heteroatoms. The molecule has 0 bridgehead atoms. The summed E-state index contributed by atoms with van der Waals surface area (Å²) in [5.74, 6) is -0.418. The van der Waals surface area contributed by atoms with Gasteiger partial charge in [0.25, 0.3) is 0 Å². The van der Waals surface area contributed by atoms with Gasteiger partial charge in [-0.2, -0.15) is 0 Å². The zero-order valence-corrected chi connectivity index (χ0v) is 8.03. The third-order valence-electron chi connectivity index (χ3n) is 2.15. The number of primary amides is 1. The topological polar surface area (TPSA) is 89.3 Å². The SMILES string of the molecule is CC[C@@H](N)c1cc(C(N)=O)ccc1O. The summed E-state index contributed by atoms with van der Waals surface area (Å²) in [5, 5.41) is 9.49. The van der Waals surface area contributed by atoms with Gasteiger partial charge in [0.1, 0.15) is 5.75 Å². The van der Waals surface area contributed by atoms with Crippen LogP contribution in [0, 0.1) is 0 Å². The summed E-state index contributed by atoms with van der Waals surface area (Å²) in [6.45, 7) is 1.90. The zero-order chi connectivity index (χ0) is 10.7. The van der Waals surface area contributed by atoms with E-state index < -0.39 is 5.91 Å². The highest BCUT2D eigenvalue weighted by molar-refractivity contribution is 5.93. The number of amides is 1. The van der Waals surface area contributed by atoms with Crippen molar-refractivity contribution in [1.29, 1.82) is 0 Å². The summed E-state index contributed by atoms with van der Waals surface area (Å²) >= 11 is 0. The molecule has 76 valence electrons. The first-order chi connectivity index (χ1) is 6.56. The van der Waals surface area contributed by atoms with Crippen LogP contribution in [0.3, 0.4) is 0 Å². The predicted octanol–water partition coefficient (Wildman–Crippen LogP) is 0.901. The third-order valence-corrected chi connectivity index (χ3v) is 2.15. The van der Waals surface area contributed by atoms with Crippen molar-refractivity contribution in [3.63, 3.8) is 0 Å². The van der Waals surface area contributed by atoms with Gasteiger partial charge in [-0.15, -0.1) is 0 Å². The molecule has 0 fully saturated rings. The van der Waals surface area contributed by atoms with Crippen LogP contribution in [0.15, 0.2) is 18.2 Å². The highest BCUT2D eigenvalue weighted by Crippen LogP contribution is 2.25. The van der Waals surface area contributed by atoms with E-state index in [-0.39, 0.29) is 11.8 Å². The molecule has 0 unspecified atom stereocenters. The van der Waals surface area contributed by atoms with E-state index in [1.165, 1.54) is 18.2 Å². The molecule has 1 amide bonds. The average Bonchev–Trinajstić information content (AvgIpc) is 2.17. The van der Waals surface area contributed by atoms with Crippen molar-refractivity contribution < 1.29 is 9.90 Å². The minimum absolute atomic E-state index is 0.101. The maximum absolute atomic E-state index is 10.9. The molecule has 0 aliphatic rings. The number of phenolic OH excluding ortho intramolecular Hbond substituents is 1. The number of rotatable bonds is 3. The number of carbonyl (C=O) groups excluding carboxylic acids is 1. The van der Waals surface area contributed by atoms with Gasteiger partial charge in [0.15, 0.2) is 0 Å². The van der Waals surface area contributed by atoms with Crippen LogP contribution < -0.4 is 11.5 Å². The Labute approximate surface area is 82.5 Å². The second-order valence-electron chi connectivity index (χ2n) is 3.15. The maximum atomic E-state index is 10.9. The molecule has 5 N–H and O–H groups in total. The molecule has 1 aromatic carbocycles. The number of carbonyl (C=O) groups is 1. The lowest BCUT2D eigenvalue weighted by molar-refractivity contribution is 0.1000. The van der Waals surface area contributed by atoms with Crippen molar-refractivity contribution in [3.05, 3.63) is 29.3 Å². The molecular formula is C10H14N2O2. The van der Waals surface area contributed by atoms with Crippen molar-refractivity contribution in [2.45, 2.75) is 19.4 Å². The molecule has 14 heavy (non-hydrogen) atoms. The van der Waals surface area contributed by atoms with Crippen LogP contribution in [0.2, 0.25) is 0 Å². The van der Waals surface area contributed by atoms with E-state index in [2.05, 4.69) is 0 Å². The van der Waals surface area contributed by atoms with Gasteiger partial charge in [0, 0.05) is 17.2 Å². The van der Waals surface area contributed by atoms with E-state index in [9.17, 15) is 9.90 Å². The van der Waals surface area contributed by atoms with Crippen molar-refractivity contribution >= 4 is 5.91 Å². The van der Waals surface area contributed by atoms with E-state index in [1.54, 1.807) is 0 Å². The Balaban J connectivity index is 3.14. The van der Waals surface area contributed by atoms with E-state index >= 15 is 0 Å². The van der Waals surface area contributed by atoms with Gasteiger partial charge in [-0.1, -0.05) is 6.92 Å². The second-order valence-corrected chi connectivity index (χ2v) is 3.15. The minimum atomic E-state index is -0.519. The Morgan fingerprint density at radius 1 is 1.57 bits per heavy atom. The first kappa shape index (κ1) is 10.5. The van der Waals surface area contributed by atoms with Crippen LogP contribution in [-0.2, 0) is 0 Å². The maximum Gasteiger partial charge on any atom is 0.248 e. The largest absolute Gasteiger partial charge is 0.508 e.